The van der Waals surface area contributed by atoms with Crippen molar-refractivity contribution in [2.45, 2.75) is 43.7 Å². The van der Waals surface area contributed by atoms with Crippen molar-refractivity contribution in [1.29, 1.82) is 5.41 Å². The van der Waals surface area contributed by atoms with E-state index in [0.717, 1.165) is 0 Å². The number of carboxylic acid groups (broad SMARTS) is 1. The molecule has 0 aromatic rings. The number of piperazine rings is 1. The highest BCUT2D eigenvalue weighted by atomic mass is 32.2. The van der Waals surface area contributed by atoms with Crippen molar-refractivity contribution in [3.63, 3.8) is 0 Å². The molecular formula is C22H34N6O5S. The fraction of sp³-hybridized carbons (Fsp3) is 0.727. The van der Waals surface area contributed by atoms with Gasteiger partial charge in [0.25, 0.3) is 0 Å². The first-order valence-corrected chi connectivity index (χ1v) is 12.6. The minimum atomic E-state index is -1.13. The zero-order chi connectivity index (χ0) is 24.9. The van der Waals surface area contributed by atoms with Gasteiger partial charge in [-0.25, -0.2) is 4.79 Å². The highest BCUT2D eigenvalue weighted by Gasteiger charge is 2.60. The number of amides is 2. The molecule has 3 fully saturated rings. The third kappa shape index (κ3) is 4.05. The van der Waals surface area contributed by atoms with Crippen LogP contribution >= 0.6 is 11.8 Å². The maximum atomic E-state index is 13.3. The topological polar surface area (TPSA) is 141 Å². The van der Waals surface area contributed by atoms with Crippen LogP contribution in [0.5, 0.6) is 0 Å². The summed E-state index contributed by atoms with van der Waals surface area (Å²) in [6.45, 7) is 6.49. The molecule has 188 valence electrons. The van der Waals surface area contributed by atoms with Crippen LogP contribution in [0.25, 0.3) is 0 Å². The van der Waals surface area contributed by atoms with Crippen LogP contribution < -0.4 is 5.32 Å². The molecule has 0 radical (unpaired) electrons. The van der Waals surface area contributed by atoms with Crippen molar-refractivity contribution in [3.8, 4) is 0 Å². The Morgan fingerprint density at radius 3 is 2.38 bits per heavy atom. The van der Waals surface area contributed by atoms with E-state index >= 15 is 0 Å². The van der Waals surface area contributed by atoms with Gasteiger partial charge in [-0.15, -0.1) is 11.8 Å². The number of carbonyl (C=O) groups excluding carboxylic acids is 2. The molecule has 0 unspecified atom stereocenters. The van der Waals surface area contributed by atoms with Crippen molar-refractivity contribution < 1.29 is 24.6 Å². The van der Waals surface area contributed by atoms with E-state index in [1.54, 1.807) is 14.0 Å². The second-order valence-electron chi connectivity index (χ2n) is 9.61. The number of rotatable bonds is 5. The molecule has 0 spiro atoms. The lowest BCUT2D eigenvalue weighted by Crippen LogP contribution is -2.63. The highest BCUT2D eigenvalue weighted by Crippen LogP contribution is 2.52. The second-order valence-corrected chi connectivity index (χ2v) is 11.0. The molecule has 4 aliphatic heterocycles. The number of hydrogen-bond acceptors (Lipinski definition) is 7. The predicted molar refractivity (Wildman–Crippen MR) is 127 cm³/mol. The number of carboxylic acids is 1. The molecule has 6 atom stereocenters. The van der Waals surface area contributed by atoms with Gasteiger partial charge < -0.3 is 30.2 Å². The van der Waals surface area contributed by atoms with Gasteiger partial charge in [0.15, 0.2) is 5.96 Å². The maximum Gasteiger partial charge on any atom is 0.353 e. The molecular weight excluding hydrogens is 460 g/mol. The molecule has 3 saturated heterocycles. The van der Waals surface area contributed by atoms with Gasteiger partial charge in [-0.05, 0) is 20.4 Å². The van der Waals surface area contributed by atoms with Crippen LogP contribution in [0.1, 0.15) is 20.3 Å². The van der Waals surface area contributed by atoms with Crippen LogP contribution in [0.3, 0.4) is 0 Å². The highest BCUT2D eigenvalue weighted by molar-refractivity contribution is 8.03. The minimum Gasteiger partial charge on any atom is -0.477 e. The molecule has 0 aromatic carbocycles. The van der Waals surface area contributed by atoms with E-state index in [-0.39, 0.29) is 40.8 Å². The van der Waals surface area contributed by atoms with Crippen LogP contribution in [0.2, 0.25) is 0 Å². The number of likely N-dealkylation sites (tertiary alicyclic amines) is 1. The smallest absolute Gasteiger partial charge is 0.353 e. The first-order valence-electron chi connectivity index (χ1n) is 11.7. The Morgan fingerprint density at radius 2 is 1.82 bits per heavy atom. The summed E-state index contributed by atoms with van der Waals surface area (Å²) in [6.07, 6.45) is -0.221. The molecule has 0 aromatic heterocycles. The fourth-order valence-electron chi connectivity index (χ4n) is 5.70. The van der Waals surface area contributed by atoms with Gasteiger partial charge in [0.2, 0.25) is 11.8 Å². The van der Waals surface area contributed by atoms with Crippen molar-refractivity contribution in [2.24, 2.45) is 11.8 Å². The third-order valence-corrected chi connectivity index (χ3v) is 9.04. The van der Waals surface area contributed by atoms with E-state index in [0.29, 0.717) is 50.0 Å². The van der Waals surface area contributed by atoms with Crippen molar-refractivity contribution in [3.05, 3.63) is 10.6 Å². The number of β-lactam (4-membered cyclic amide) rings is 1. The average Bonchev–Trinajstić information content (AvgIpc) is 3.28. The Kier molecular flexibility index (Phi) is 6.85. The molecule has 12 heteroatoms. The zero-order valence-electron chi connectivity index (χ0n) is 20.0. The molecule has 4 rings (SSSR count). The van der Waals surface area contributed by atoms with Gasteiger partial charge in [0.1, 0.15) is 5.70 Å². The van der Waals surface area contributed by atoms with E-state index in [1.807, 2.05) is 28.7 Å². The molecule has 4 aliphatic rings. The molecule has 11 nitrogen and oxygen atoms in total. The van der Waals surface area contributed by atoms with Crippen molar-refractivity contribution in [1.82, 2.24) is 24.9 Å². The first-order chi connectivity index (χ1) is 16.1. The van der Waals surface area contributed by atoms with Gasteiger partial charge in [-0.2, -0.15) is 0 Å². The van der Waals surface area contributed by atoms with E-state index in [4.69, 9.17) is 5.41 Å². The summed E-state index contributed by atoms with van der Waals surface area (Å²) in [6, 6.07) is -0.604. The minimum absolute atomic E-state index is 0.0308. The van der Waals surface area contributed by atoms with Crippen molar-refractivity contribution in [2.75, 3.05) is 46.8 Å². The Bertz CT molecular complexity index is 917. The summed E-state index contributed by atoms with van der Waals surface area (Å²) in [5.41, 5.74) is 0.0323. The second kappa shape index (κ2) is 9.38. The lowest BCUT2D eigenvalue weighted by Gasteiger charge is -2.46. The number of aliphatic hydroxyl groups is 1. The number of likely N-dealkylation sites (N-methyl/N-ethyl adjacent to an activating group) is 1. The number of guanidine groups is 1. The number of carbonyl (C=O) groups is 3. The molecule has 2 amide bonds. The van der Waals surface area contributed by atoms with Gasteiger partial charge in [-0.3, -0.25) is 19.9 Å². The van der Waals surface area contributed by atoms with Crippen LogP contribution in [0.4, 0.5) is 0 Å². The van der Waals surface area contributed by atoms with E-state index in [2.05, 4.69) is 5.32 Å². The maximum absolute atomic E-state index is 13.3. The molecule has 34 heavy (non-hydrogen) atoms. The van der Waals surface area contributed by atoms with Gasteiger partial charge >= 0.3 is 5.97 Å². The lowest BCUT2D eigenvalue weighted by molar-refractivity contribution is -0.163. The first kappa shape index (κ1) is 24.8. The Hall–Kier alpha value is -2.31. The molecule has 4 heterocycles. The third-order valence-electron chi connectivity index (χ3n) is 7.54. The van der Waals surface area contributed by atoms with Gasteiger partial charge in [0, 0.05) is 55.8 Å². The molecule has 0 bridgehead atoms. The number of nitrogens with zero attached hydrogens (tertiary/aromatic N) is 4. The quantitative estimate of drug-likeness (QED) is 0.221. The monoisotopic (exact) mass is 494 g/mol. The number of hydrogen-bond donors (Lipinski definition) is 4. The summed E-state index contributed by atoms with van der Waals surface area (Å²) >= 11 is 1.47. The number of fused-ring (bicyclic) bond motifs is 1. The Labute approximate surface area is 203 Å². The van der Waals surface area contributed by atoms with Crippen molar-refractivity contribution >= 4 is 35.5 Å². The zero-order valence-corrected chi connectivity index (χ0v) is 20.8. The summed E-state index contributed by atoms with van der Waals surface area (Å²) in [7, 11) is 3.63. The molecule has 0 saturated carbocycles. The molecule has 4 N–H and O–H groups in total. The predicted octanol–water partition coefficient (Wildman–Crippen LogP) is -0.756. The standard InChI is InChI=1S/C22H34N6O5S/c1-11-16-15(12(2)29)20(31)28(16)17(21(32)33)18(11)34-13-9-14(25(4)10-13)19(30)26-5-7-27(8-6-26)22(23)24-3/h11-16,29H,5-10H2,1-4H3,(H2,23,24)(H,32,33)/t11-,12-,13+,14+,15-,16-/m1/s1. The van der Waals surface area contributed by atoms with Crippen LogP contribution in [-0.4, -0.2) is 124 Å². The fourth-order valence-corrected chi connectivity index (χ4v) is 7.30. The lowest BCUT2D eigenvalue weighted by atomic mass is 9.79. The summed E-state index contributed by atoms with van der Waals surface area (Å²) in [5, 5.41) is 30.6. The van der Waals surface area contributed by atoms with E-state index in [1.165, 1.54) is 16.7 Å². The van der Waals surface area contributed by atoms with E-state index < -0.39 is 18.0 Å². The number of thioether (sulfide) groups is 1. The number of aliphatic carboxylic acids is 1. The number of nitrogens with one attached hydrogen (secondary N) is 2. The normalized spacial score (nSPS) is 32.6. The van der Waals surface area contributed by atoms with Crippen LogP contribution in [0, 0.1) is 17.2 Å². The van der Waals surface area contributed by atoms with Crippen LogP contribution in [0.15, 0.2) is 10.6 Å². The van der Waals surface area contributed by atoms with Gasteiger partial charge in [0.05, 0.1) is 24.1 Å². The Balaban J connectivity index is 1.42. The largest absolute Gasteiger partial charge is 0.477 e. The SMILES string of the molecule is CNC(=N)N1CCN(C(=O)[C@@H]2C[C@H](SC3=C(C(=O)O)N4C(=O)[C@H]([C@@H](C)O)[C@H]4[C@H]3C)CN2C)CC1. The summed E-state index contributed by atoms with van der Waals surface area (Å²) in [4.78, 5) is 45.7. The van der Waals surface area contributed by atoms with Crippen LogP contribution in [-0.2, 0) is 14.4 Å². The summed E-state index contributed by atoms with van der Waals surface area (Å²) in [5.74, 6) is -1.78. The Morgan fingerprint density at radius 1 is 1.21 bits per heavy atom. The summed E-state index contributed by atoms with van der Waals surface area (Å²) < 4.78 is 0. The van der Waals surface area contributed by atoms with E-state index in [9.17, 15) is 24.6 Å². The van der Waals surface area contributed by atoms with Gasteiger partial charge in [-0.1, -0.05) is 6.92 Å². The average molecular weight is 495 g/mol. The number of aliphatic hydroxyl groups excluding tert-OH is 1. The molecule has 0 aliphatic carbocycles.